The van der Waals surface area contributed by atoms with E-state index in [-0.39, 0.29) is 11.8 Å². The van der Waals surface area contributed by atoms with Gasteiger partial charge in [-0.3, -0.25) is 4.79 Å². The topological polar surface area (TPSA) is 64.3 Å². The minimum atomic E-state index is -0.275. The van der Waals surface area contributed by atoms with E-state index in [0.29, 0.717) is 12.3 Å². The van der Waals surface area contributed by atoms with Crippen molar-refractivity contribution < 1.29 is 9.53 Å². The molecule has 0 aromatic heterocycles. The quantitative estimate of drug-likeness (QED) is 0.832. The van der Waals surface area contributed by atoms with E-state index in [2.05, 4.69) is 5.32 Å². The molecule has 1 heterocycles. The van der Waals surface area contributed by atoms with Gasteiger partial charge in [-0.2, -0.15) is 0 Å². The summed E-state index contributed by atoms with van der Waals surface area (Å²) in [5.74, 6) is 0.451. The van der Waals surface area contributed by atoms with Gasteiger partial charge >= 0.3 is 0 Å². The molecule has 3 N–H and O–H groups in total. The summed E-state index contributed by atoms with van der Waals surface area (Å²) in [4.78, 5) is 12.5. The van der Waals surface area contributed by atoms with E-state index in [1.807, 2.05) is 50.2 Å². The Kier molecular flexibility index (Phi) is 3.29. The van der Waals surface area contributed by atoms with Crippen LogP contribution in [0.2, 0.25) is 0 Å². The number of carbonyl (C=O) groups excluding carboxylic acids is 1. The van der Waals surface area contributed by atoms with Gasteiger partial charge in [-0.05, 0) is 37.1 Å². The lowest BCUT2D eigenvalue weighted by Crippen LogP contribution is -2.22. The van der Waals surface area contributed by atoms with Crippen LogP contribution in [0.1, 0.15) is 22.6 Å². The van der Waals surface area contributed by atoms with E-state index in [4.69, 9.17) is 10.5 Å². The highest BCUT2D eigenvalue weighted by Gasteiger charge is 2.30. The van der Waals surface area contributed by atoms with Gasteiger partial charge < -0.3 is 15.8 Å². The largest absolute Gasteiger partial charge is 0.492 e. The zero-order valence-electron chi connectivity index (χ0n) is 12.1. The van der Waals surface area contributed by atoms with Gasteiger partial charge in [0.05, 0.1) is 0 Å². The lowest BCUT2D eigenvalue weighted by Gasteiger charge is -2.14. The average Bonchev–Trinajstić information content (AvgIpc) is 2.88. The standard InChI is InChI=1S/C17H18N2O2/c1-10-7-11(2)15(8-14(10)18)19-17(20)13-9-21-16-6-4-3-5-12(13)16/h3-8,13H,9,18H2,1-2H3,(H,19,20). The van der Waals surface area contributed by atoms with Gasteiger partial charge in [-0.15, -0.1) is 0 Å². The number of nitrogen functional groups attached to an aromatic ring is 1. The predicted octanol–water partition coefficient (Wildman–Crippen LogP) is 3.00. The molecule has 0 fully saturated rings. The highest BCUT2D eigenvalue weighted by Crippen LogP contribution is 2.34. The van der Waals surface area contributed by atoms with Crippen LogP contribution < -0.4 is 15.8 Å². The summed E-state index contributed by atoms with van der Waals surface area (Å²) in [7, 11) is 0. The number of rotatable bonds is 2. The summed E-state index contributed by atoms with van der Waals surface area (Å²) in [6, 6.07) is 11.4. The Hall–Kier alpha value is -2.49. The maximum atomic E-state index is 12.5. The van der Waals surface area contributed by atoms with Gasteiger partial charge in [0.25, 0.3) is 0 Å². The van der Waals surface area contributed by atoms with Crippen molar-refractivity contribution in [2.75, 3.05) is 17.7 Å². The van der Waals surface area contributed by atoms with Gasteiger partial charge in [0.15, 0.2) is 0 Å². The Balaban J connectivity index is 1.84. The smallest absolute Gasteiger partial charge is 0.235 e. The fraction of sp³-hybridized carbons (Fsp3) is 0.235. The summed E-state index contributed by atoms with van der Waals surface area (Å²) >= 11 is 0. The van der Waals surface area contributed by atoms with Crippen LogP contribution in [-0.4, -0.2) is 12.5 Å². The Labute approximate surface area is 123 Å². The minimum Gasteiger partial charge on any atom is -0.492 e. The average molecular weight is 282 g/mol. The fourth-order valence-corrected chi connectivity index (χ4v) is 2.60. The van der Waals surface area contributed by atoms with Crippen LogP contribution >= 0.6 is 0 Å². The van der Waals surface area contributed by atoms with E-state index in [9.17, 15) is 4.79 Å². The SMILES string of the molecule is Cc1cc(C)c(NC(=O)C2COc3ccccc32)cc1N. The number of benzene rings is 2. The lowest BCUT2D eigenvalue weighted by atomic mass is 10.00. The minimum absolute atomic E-state index is 0.0636. The molecule has 1 aliphatic rings. The van der Waals surface area contributed by atoms with Crippen LogP contribution in [-0.2, 0) is 4.79 Å². The van der Waals surface area contributed by atoms with E-state index >= 15 is 0 Å². The summed E-state index contributed by atoms with van der Waals surface area (Å²) in [6.45, 7) is 4.29. The van der Waals surface area contributed by atoms with E-state index in [1.54, 1.807) is 0 Å². The monoisotopic (exact) mass is 282 g/mol. The number of hydrogen-bond acceptors (Lipinski definition) is 3. The molecule has 108 valence electrons. The molecule has 4 heteroatoms. The zero-order chi connectivity index (χ0) is 15.0. The summed E-state index contributed by atoms with van der Waals surface area (Å²) in [5.41, 5.74) is 10.3. The van der Waals surface area contributed by atoms with Crippen molar-refractivity contribution in [1.82, 2.24) is 0 Å². The fourth-order valence-electron chi connectivity index (χ4n) is 2.60. The van der Waals surface area contributed by atoms with Crippen molar-refractivity contribution >= 4 is 17.3 Å². The molecule has 0 spiro atoms. The number of anilines is 2. The molecule has 4 nitrogen and oxygen atoms in total. The summed E-state index contributed by atoms with van der Waals surface area (Å²) in [6.07, 6.45) is 0. The first-order valence-corrected chi connectivity index (χ1v) is 6.95. The third-order valence-corrected chi connectivity index (χ3v) is 3.89. The second kappa shape index (κ2) is 5.13. The highest BCUT2D eigenvalue weighted by atomic mass is 16.5. The third kappa shape index (κ3) is 2.44. The maximum absolute atomic E-state index is 12.5. The summed E-state index contributed by atoms with van der Waals surface area (Å²) < 4.78 is 5.56. The van der Waals surface area contributed by atoms with E-state index < -0.39 is 0 Å². The Bertz CT molecular complexity index is 710. The first-order valence-electron chi connectivity index (χ1n) is 6.95. The van der Waals surface area contributed by atoms with Gasteiger partial charge in [-0.1, -0.05) is 24.3 Å². The molecule has 2 aromatic rings. The molecule has 1 aliphatic heterocycles. The third-order valence-electron chi connectivity index (χ3n) is 3.89. The molecule has 1 unspecified atom stereocenters. The molecule has 1 amide bonds. The van der Waals surface area contributed by atoms with Crippen LogP contribution in [0.4, 0.5) is 11.4 Å². The molecule has 0 saturated carbocycles. The number of nitrogens with one attached hydrogen (secondary N) is 1. The number of para-hydroxylation sites is 1. The van der Waals surface area contributed by atoms with Crippen molar-refractivity contribution in [2.45, 2.75) is 19.8 Å². The molecular formula is C17H18N2O2. The van der Waals surface area contributed by atoms with Crippen LogP contribution in [0, 0.1) is 13.8 Å². The molecule has 2 aromatic carbocycles. The van der Waals surface area contributed by atoms with Crippen LogP contribution in [0.3, 0.4) is 0 Å². The Morgan fingerprint density at radius 2 is 2.00 bits per heavy atom. The molecule has 21 heavy (non-hydrogen) atoms. The molecule has 0 bridgehead atoms. The zero-order valence-corrected chi connectivity index (χ0v) is 12.1. The van der Waals surface area contributed by atoms with Crippen LogP contribution in [0.15, 0.2) is 36.4 Å². The number of nitrogens with two attached hydrogens (primary N) is 1. The highest BCUT2D eigenvalue weighted by molar-refractivity contribution is 5.97. The van der Waals surface area contributed by atoms with E-state index in [1.165, 1.54) is 0 Å². The second-order valence-corrected chi connectivity index (χ2v) is 5.41. The maximum Gasteiger partial charge on any atom is 0.235 e. The van der Waals surface area contributed by atoms with Crippen LogP contribution in [0.5, 0.6) is 5.75 Å². The molecule has 3 rings (SSSR count). The predicted molar refractivity (Wildman–Crippen MR) is 83.6 cm³/mol. The summed E-state index contributed by atoms with van der Waals surface area (Å²) in [5, 5.41) is 2.96. The van der Waals surface area contributed by atoms with Crippen molar-refractivity contribution in [1.29, 1.82) is 0 Å². The number of amides is 1. The van der Waals surface area contributed by atoms with Gasteiger partial charge in [-0.25, -0.2) is 0 Å². The van der Waals surface area contributed by atoms with Gasteiger partial charge in [0.1, 0.15) is 18.3 Å². The molecule has 0 saturated heterocycles. The number of aryl methyl sites for hydroxylation is 2. The first-order chi connectivity index (χ1) is 10.1. The lowest BCUT2D eigenvalue weighted by molar-refractivity contribution is -0.117. The molecule has 0 aliphatic carbocycles. The van der Waals surface area contributed by atoms with Crippen LogP contribution in [0.25, 0.3) is 0 Å². The first kappa shape index (κ1) is 13.5. The number of hydrogen-bond donors (Lipinski definition) is 2. The van der Waals surface area contributed by atoms with Gasteiger partial charge in [0, 0.05) is 16.9 Å². The molecule has 1 atom stereocenters. The Morgan fingerprint density at radius 3 is 2.81 bits per heavy atom. The number of ether oxygens (including phenoxy) is 1. The molecular weight excluding hydrogens is 264 g/mol. The normalized spacial score (nSPS) is 16.2. The van der Waals surface area contributed by atoms with Crippen molar-refractivity contribution in [3.05, 3.63) is 53.1 Å². The second-order valence-electron chi connectivity index (χ2n) is 5.41. The molecule has 0 radical (unpaired) electrons. The van der Waals surface area contributed by atoms with Gasteiger partial charge in [0.2, 0.25) is 5.91 Å². The van der Waals surface area contributed by atoms with Crippen molar-refractivity contribution in [3.8, 4) is 5.75 Å². The number of fused-ring (bicyclic) bond motifs is 1. The van der Waals surface area contributed by atoms with Crippen molar-refractivity contribution in [2.24, 2.45) is 0 Å². The number of carbonyl (C=O) groups is 1. The van der Waals surface area contributed by atoms with Crippen molar-refractivity contribution in [3.63, 3.8) is 0 Å². The Morgan fingerprint density at radius 1 is 1.24 bits per heavy atom. The van der Waals surface area contributed by atoms with E-state index in [0.717, 1.165) is 28.1 Å².